The molecule has 170 valence electrons. The van der Waals surface area contributed by atoms with Crippen LogP contribution in [0.2, 0.25) is 5.02 Å². The third kappa shape index (κ3) is 4.20. The first-order valence-electron chi connectivity index (χ1n) is 10.0. The largest absolute Gasteiger partial charge is 0.325 e. The highest BCUT2D eigenvalue weighted by molar-refractivity contribution is 7.99. The molecular formula is C23H15ClFN5O3S. The van der Waals surface area contributed by atoms with Crippen molar-refractivity contribution in [1.82, 2.24) is 19.5 Å². The minimum atomic E-state index is -0.610. The van der Waals surface area contributed by atoms with Crippen molar-refractivity contribution in [3.63, 3.8) is 0 Å². The number of benzene rings is 3. The van der Waals surface area contributed by atoms with Crippen LogP contribution in [0, 0.1) is 5.82 Å². The molecule has 34 heavy (non-hydrogen) atoms. The van der Waals surface area contributed by atoms with Gasteiger partial charge in [0, 0.05) is 5.69 Å². The Morgan fingerprint density at radius 3 is 2.68 bits per heavy atom. The molecule has 1 amide bonds. The number of aromatic nitrogens is 4. The fourth-order valence-corrected chi connectivity index (χ4v) is 4.49. The highest BCUT2D eigenvalue weighted by atomic mass is 35.5. The molecule has 0 aliphatic heterocycles. The molecule has 0 bridgehead atoms. The van der Waals surface area contributed by atoms with E-state index in [9.17, 15) is 18.8 Å². The van der Waals surface area contributed by atoms with Gasteiger partial charge in [0.25, 0.3) is 5.56 Å². The maximum Gasteiger partial charge on any atom is 0.323 e. The van der Waals surface area contributed by atoms with Crippen molar-refractivity contribution in [2.45, 2.75) is 5.16 Å². The van der Waals surface area contributed by atoms with Gasteiger partial charge in [0.1, 0.15) is 5.82 Å². The van der Waals surface area contributed by atoms with E-state index in [4.69, 9.17) is 11.6 Å². The second-order valence-electron chi connectivity index (χ2n) is 7.33. The van der Waals surface area contributed by atoms with Crippen molar-refractivity contribution in [3.05, 3.63) is 92.3 Å². The Labute approximate surface area is 199 Å². The lowest BCUT2D eigenvalue weighted by Gasteiger charge is -2.13. The van der Waals surface area contributed by atoms with E-state index in [0.29, 0.717) is 33.3 Å². The smallest absolute Gasteiger partial charge is 0.323 e. The second-order valence-corrected chi connectivity index (χ2v) is 8.68. The Morgan fingerprint density at radius 1 is 1.06 bits per heavy atom. The molecule has 8 nitrogen and oxygen atoms in total. The third-order valence-corrected chi connectivity index (χ3v) is 6.27. The van der Waals surface area contributed by atoms with Crippen LogP contribution in [0.1, 0.15) is 0 Å². The molecule has 2 aromatic heterocycles. The van der Waals surface area contributed by atoms with Gasteiger partial charge in [0.15, 0.2) is 5.16 Å². The summed E-state index contributed by atoms with van der Waals surface area (Å²) in [5.74, 6) is -1.00. The van der Waals surface area contributed by atoms with Crippen LogP contribution in [-0.2, 0) is 4.79 Å². The van der Waals surface area contributed by atoms with E-state index in [-0.39, 0.29) is 33.1 Å². The number of thioether (sulfide) groups is 1. The molecule has 0 saturated carbocycles. The molecular weight excluding hydrogens is 481 g/mol. The summed E-state index contributed by atoms with van der Waals surface area (Å²) in [6.45, 7) is 0. The van der Waals surface area contributed by atoms with Crippen molar-refractivity contribution >= 4 is 56.9 Å². The van der Waals surface area contributed by atoms with Crippen LogP contribution in [0.3, 0.4) is 0 Å². The van der Waals surface area contributed by atoms with Crippen LogP contribution in [0.25, 0.3) is 27.6 Å². The average Bonchev–Trinajstić information content (AvgIpc) is 3.19. The van der Waals surface area contributed by atoms with Gasteiger partial charge in [-0.3, -0.25) is 14.2 Å². The van der Waals surface area contributed by atoms with Crippen LogP contribution >= 0.6 is 23.4 Å². The molecule has 0 spiro atoms. The summed E-state index contributed by atoms with van der Waals surface area (Å²) in [6, 6.07) is 15.8. The maximum absolute atomic E-state index is 13.7. The summed E-state index contributed by atoms with van der Waals surface area (Å²) in [6.07, 6.45) is 0. The number of nitrogens with one attached hydrogen (secondary N) is 3. The first kappa shape index (κ1) is 21.9. The predicted molar refractivity (Wildman–Crippen MR) is 131 cm³/mol. The molecule has 0 radical (unpaired) electrons. The number of halogens is 2. The summed E-state index contributed by atoms with van der Waals surface area (Å²) in [4.78, 5) is 47.1. The highest BCUT2D eigenvalue weighted by Crippen LogP contribution is 2.25. The summed E-state index contributed by atoms with van der Waals surface area (Å²) >= 11 is 7.00. The zero-order valence-corrected chi connectivity index (χ0v) is 18.8. The SMILES string of the molecule is O=C(CSc1nc2ccccc2c(=O)n1-c1ccc(F)c(Cl)c1)Nc1ccc2[nH]c(=O)[nH]c2c1. The van der Waals surface area contributed by atoms with E-state index in [2.05, 4.69) is 20.3 Å². The summed E-state index contributed by atoms with van der Waals surface area (Å²) in [5, 5.41) is 3.26. The molecule has 0 fully saturated rings. The number of H-pyrrole nitrogens is 2. The van der Waals surface area contributed by atoms with E-state index in [1.54, 1.807) is 42.5 Å². The molecule has 5 aromatic rings. The minimum Gasteiger partial charge on any atom is -0.325 e. The summed E-state index contributed by atoms with van der Waals surface area (Å²) in [5.41, 5.74) is 1.80. The number of nitrogens with zero attached hydrogens (tertiary/aromatic N) is 2. The van der Waals surface area contributed by atoms with Crippen molar-refractivity contribution in [2.24, 2.45) is 0 Å². The zero-order chi connectivity index (χ0) is 23.8. The number of carbonyl (C=O) groups excluding carboxylic acids is 1. The van der Waals surface area contributed by atoms with Gasteiger partial charge in [-0.1, -0.05) is 35.5 Å². The molecule has 0 atom stereocenters. The first-order chi connectivity index (χ1) is 16.4. The van der Waals surface area contributed by atoms with Crippen LogP contribution in [0.15, 0.2) is 75.4 Å². The lowest BCUT2D eigenvalue weighted by Crippen LogP contribution is -2.23. The number of rotatable bonds is 5. The first-order valence-corrected chi connectivity index (χ1v) is 11.4. The van der Waals surface area contributed by atoms with Crippen molar-refractivity contribution < 1.29 is 9.18 Å². The van der Waals surface area contributed by atoms with Crippen LogP contribution < -0.4 is 16.6 Å². The normalized spacial score (nSPS) is 11.2. The fraction of sp³-hybridized carbons (Fsp3) is 0.0435. The fourth-order valence-electron chi connectivity index (χ4n) is 3.50. The lowest BCUT2D eigenvalue weighted by atomic mass is 10.2. The molecule has 3 aromatic carbocycles. The highest BCUT2D eigenvalue weighted by Gasteiger charge is 2.16. The van der Waals surface area contributed by atoms with Gasteiger partial charge in [-0.25, -0.2) is 14.2 Å². The van der Waals surface area contributed by atoms with Crippen molar-refractivity contribution in [3.8, 4) is 5.69 Å². The number of para-hydroxylation sites is 1. The van der Waals surface area contributed by atoms with Gasteiger partial charge in [-0.2, -0.15) is 0 Å². The Balaban J connectivity index is 1.46. The van der Waals surface area contributed by atoms with E-state index < -0.39 is 5.82 Å². The topological polar surface area (TPSA) is 113 Å². The minimum absolute atomic E-state index is 0.0542. The van der Waals surface area contributed by atoms with Gasteiger partial charge < -0.3 is 15.3 Å². The van der Waals surface area contributed by atoms with Gasteiger partial charge in [-0.05, 0) is 48.5 Å². The van der Waals surface area contributed by atoms with Crippen LogP contribution in [0.4, 0.5) is 10.1 Å². The molecule has 0 unspecified atom stereocenters. The number of hydrogen-bond donors (Lipinski definition) is 3. The van der Waals surface area contributed by atoms with Crippen LogP contribution in [0.5, 0.6) is 0 Å². The van der Waals surface area contributed by atoms with E-state index >= 15 is 0 Å². The number of hydrogen-bond acceptors (Lipinski definition) is 5. The molecule has 0 aliphatic rings. The number of fused-ring (bicyclic) bond motifs is 2. The van der Waals surface area contributed by atoms with E-state index in [0.717, 1.165) is 11.8 Å². The summed E-state index contributed by atoms with van der Waals surface area (Å²) < 4.78 is 15.0. The Morgan fingerprint density at radius 2 is 1.85 bits per heavy atom. The summed E-state index contributed by atoms with van der Waals surface area (Å²) in [7, 11) is 0. The molecule has 0 aliphatic carbocycles. The molecule has 3 N–H and O–H groups in total. The molecule has 0 saturated heterocycles. The number of carbonyl (C=O) groups is 1. The average molecular weight is 496 g/mol. The Kier molecular flexibility index (Phi) is 5.68. The maximum atomic E-state index is 13.7. The van der Waals surface area contributed by atoms with E-state index in [1.165, 1.54) is 22.8 Å². The number of aromatic amines is 2. The number of anilines is 1. The molecule has 11 heteroatoms. The predicted octanol–water partition coefficient (Wildman–Crippen LogP) is 4.08. The van der Waals surface area contributed by atoms with E-state index in [1.807, 2.05) is 0 Å². The number of imidazole rings is 1. The monoisotopic (exact) mass is 495 g/mol. The van der Waals surface area contributed by atoms with Gasteiger partial charge >= 0.3 is 5.69 Å². The Hall–Kier alpha value is -3.89. The zero-order valence-electron chi connectivity index (χ0n) is 17.3. The van der Waals surface area contributed by atoms with Crippen LogP contribution in [-0.4, -0.2) is 31.2 Å². The Bertz CT molecular complexity index is 1690. The lowest BCUT2D eigenvalue weighted by molar-refractivity contribution is -0.113. The van der Waals surface area contributed by atoms with Crippen molar-refractivity contribution in [1.29, 1.82) is 0 Å². The molecule has 5 rings (SSSR count). The van der Waals surface area contributed by atoms with Crippen molar-refractivity contribution in [2.75, 3.05) is 11.1 Å². The van der Waals surface area contributed by atoms with Gasteiger partial charge in [0.05, 0.1) is 38.4 Å². The van der Waals surface area contributed by atoms with Gasteiger partial charge in [0.2, 0.25) is 5.91 Å². The second kappa shape index (κ2) is 8.81. The number of amides is 1. The van der Waals surface area contributed by atoms with Gasteiger partial charge in [-0.15, -0.1) is 0 Å². The third-order valence-electron chi connectivity index (χ3n) is 5.04. The standard InChI is InChI=1S/C23H15ClFN5O3S/c24-15-10-13(6-7-16(15)25)30-21(32)14-3-1-2-4-17(14)29-23(30)34-11-20(31)26-12-5-8-18-19(9-12)28-22(33)27-18/h1-10H,11H2,(H,26,31)(H2,27,28,33). The molecule has 2 heterocycles. The quantitative estimate of drug-likeness (QED) is 0.251.